The van der Waals surface area contributed by atoms with Gasteiger partial charge in [-0.15, -0.1) is 11.3 Å². The van der Waals surface area contributed by atoms with E-state index in [-0.39, 0.29) is 0 Å². The van der Waals surface area contributed by atoms with Crippen LogP contribution in [0, 0.1) is 0 Å². The lowest BCUT2D eigenvalue weighted by molar-refractivity contribution is 0.346. The highest BCUT2D eigenvalue weighted by Gasteiger charge is 2.25. The zero-order valence-corrected chi connectivity index (χ0v) is 18.6. The van der Waals surface area contributed by atoms with Crippen LogP contribution in [0.25, 0.3) is 0 Å². The van der Waals surface area contributed by atoms with Gasteiger partial charge in [0, 0.05) is 31.1 Å². The fourth-order valence-corrected chi connectivity index (χ4v) is 5.52. The van der Waals surface area contributed by atoms with Crippen molar-refractivity contribution in [3.63, 3.8) is 0 Å². The zero-order valence-electron chi connectivity index (χ0n) is 16.9. The quantitative estimate of drug-likeness (QED) is 0.494. The Morgan fingerprint density at radius 2 is 1.86 bits per heavy atom. The number of hydrogen-bond donors (Lipinski definition) is 2. The molecule has 0 unspecified atom stereocenters. The minimum atomic E-state index is -3.38. The summed E-state index contributed by atoms with van der Waals surface area (Å²) >= 11 is 1.76. The number of guanidine groups is 1. The molecule has 1 aliphatic heterocycles. The van der Waals surface area contributed by atoms with Gasteiger partial charge in [-0.1, -0.05) is 24.6 Å². The van der Waals surface area contributed by atoms with Gasteiger partial charge < -0.3 is 10.6 Å². The van der Waals surface area contributed by atoms with Crippen molar-refractivity contribution >= 4 is 27.3 Å². The summed E-state index contributed by atoms with van der Waals surface area (Å²) in [4.78, 5) is 6.34. The number of benzene rings is 1. The van der Waals surface area contributed by atoms with Gasteiger partial charge in [-0.25, -0.2) is 13.4 Å². The highest BCUT2D eigenvalue weighted by molar-refractivity contribution is 7.89. The molecule has 29 heavy (non-hydrogen) atoms. The molecular formula is C21H30N4O2S2. The molecule has 0 spiro atoms. The molecule has 2 aromatic rings. The van der Waals surface area contributed by atoms with Crippen LogP contribution in [0.3, 0.4) is 0 Å². The summed E-state index contributed by atoms with van der Waals surface area (Å²) in [5.41, 5.74) is 0.984. The molecule has 2 heterocycles. The normalized spacial score (nSPS) is 16.0. The van der Waals surface area contributed by atoms with Gasteiger partial charge in [-0.3, -0.25) is 0 Å². The van der Waals surface area contributed by atoms with Gasteiger partial charge in [-0.2, -0.15) is 4.31 Å². The Hall–Kier alpha value is -1.90. The third-order valence-electron chi connectivity index (χ3n) is 4.88. The molecule has 0 amide bonds. The molecule has 8 heteroatoms. The van der Waals surface area contributed by atoms with E-state index in [1.165, 1.54) is 4.88 Å². The average molecular weight is 435 g/mol. The molecule has 0 saturated carbocycles. The summed E-state index contributed by atoms with van der Waals surface area (Å²) in [6, 6.07) is 11.3. The number of piperidine rings is 1. The van der Waals surface area contributed by atoms with Gasteiger partial charge in [0.1, 0.15) is 0 Å². The van der Waals surface area contributed by atoms with E-state index in [0.29, 0.717) is 24.5 Å². The molecule has 6 nitrogen and oxygen atoms in total. The van der Waals surface area contributed by atoms with E-state index in [9.17, 15) is 8.42 Å². The lowest BCUT2D eigenvalue weighted by Gasteiger charge is -2.25. The molecule has 3 rings (SSSR count). The summed E-state index contributed by atoms with van der Waals surface area (Å²) in [6.45, 7) is 5.39. The number of rotatable bonds is 8. The van der Waals surface area contributed by atoms with Crippen molar-refractivity contribution in [2.75, 3.05) is 26.2 Å². The summed E-state index contributed by atoms with van der Waals surface area (Å²) in [6.07, 6.45) is 3.96. The topological polar surface area (TPSA) is 73.8 Å². The Morgan fingerprint density at radius 3 is 2.52 bits per heavy atom. The first kappa shape index (κ1) is 21.8. The van der Waals surface area contributed by atoms with Crippen molar-refractivity contribution in [1.29, 1.82) is 0 Å². The van der Waals surface area contributed by atoms with Crippen LogP contribution >= 0.6 is 11.3 Å². The summed E-state index contributed by atoms with van der Waals surface area (Å²) in [5.74, 6) is 0.772. The van der Waals surface area contributed by atoms with Gasteiger partial charge in [0.2, 0.25) is 10.0 Å². The first-order chi connectivity index (χ1) is 14.1. The van der Waals surface area contributed by atoms with E-state index in [1.54, 1.807) is 27.8 Å². The maximum atomic E-state index is 12.7. The summed E-state index contributed by atoms with van der Waals surface area (Å²) < 4.78 is 27.1. The molecule has 1 saturated heterocycles. The first-order valence-electron chi connectivity index (χ1n) is 10.2. The van der Waals surface area contributed by atoms with Crippen LogP contribution < -0.4 is 10.6 Å². The van der Waals surface area contributed by atoms with Crippen molar-refractivity contribution in [1.82, 2.24) is 14.9 Å². The van der Waals surface area contributed by atoms with Crippen molar-refractivity contribution in [3.8, 4) is 0 Å². The lowest BCUT2D eigenvalue weighted by Crippen LogP contribution is -2.38. The molecule has 0 radical (unpaired) electrons. The molecular weight excluding hydrogens is 404 g/mol. The van der Waals surface area contributed by atoms with Crippen molar-refractivity contribution < 1.29 is 8.42 Å². The van der Waals surface area contributed by atoms with E-state index in [2.05, 4.69) is 33.1 Å². The standard InChI is InChI=1S/C21H30N4O2S2/c1-2-22-21(23-13-12-19-7-6-16-28-19)24-17-18-8-10-20(11-9-18)29(26,27)25-14-4-3-5-15-25/h6-11,16H,2-5,12-15,17H2,1H3,(H2,22,23,24). The predicted molar refractivity (Wildman–Crippen MR) is 120 cm³/mol. The molecule has 158 valence electrons. The van der Waals surface area contributed by atoms with Crippen LogP contribution in [0.5, 0.6) is 0 Å². The molecule has 1 aromatic carbocycles. The SMILES string of the molecule is CCNC(=NCc1ccc(S(=O)(=O)N2CCCCC2)cc1)NCCc1cccs1. The van der Waals surface area contributed by atoms with Crippen molar-refractivity contribution in [2.24, 2.45) is 4.99 Å². The molecule has 1 aromatic heterocycles. The van der Waals surface area contributed by atoms with Gasteiger partial charge in [-0.05, 0) is 55.3 Å². The maximum Gasteiger partial charge on any atom is 0.243 e. The summed E-state index contributed by atoms with van der Waals surface area (Å²) in [7, 11) is -3.38. The second-order valence-electron chi connectivity index (χ2n) is 7.06. The Labute approximate surface area is 178 Å². The van der Waals surface area contributed by atoms with Crippen LogP contribution in [-0.2, 0) is 23.0 Å². The fourth-order valence-electron chi connectivity index (χ4n) is 3.29. The number of hydrogen-bond acceptors (Lipinski definition) is 4. The highest BCUT2D eigenvalue weighted by atomic mass is 32.2. The molecule has 0 atom stereocenters. The zero-order chi connectivity index (χ0) is 20.5. The van der Waals surface area contributed by atoms with E-state index in [4.69, 9.17) is 0 Å². The largest absolute Gasteiger partial charge is 0.357 e. The maximum absolute atomic E-state index is 12.7. The van der Waals surface area contributed by atoms with Crippen LogP contribution in [0.1, 0.15) is 36.6 Å². The minimum absolute atomic E-state index is 0.369. The number of thiophene rings is 1. The predicted octanol–water partition coefficient (Wildman–Crippen LogP) is 3.22. The summed E-state index contributed by atoms with van der Waals surface area (Å²) in [5, 5.41) is 8.69. The Balaban J connectivity index is 1.57. The van der Waals surface area contributed by atoms with Crippen LogP contribution in [0.15, 0.2) is 51.7 Å². The van der Waals surface area contributed by atoms with E-state index in [1.807, 2.05) is 19.1 Å². The number of nitrogens with zero attached hydrogens (tertiary/aromatic N) is 2. The Kier molecular flexibility index (Phi) is 8.09. The van der Waals surface area contributed by atoms with Crippen LogP contribution in [0.2, 0.25) is 0 Å². The van der Waals surface area contributed by atoms with E-state index < -0.39 is 10.0 Å². The average Bonchev–Trinajstić information content (AvgIpc) is 3.26. The molecule has 0 bridgehead atoms. The number of aliphatic imine (C=N–C) groups is 1. The smallest absolute Gasteiger partial charge is 0.243 e. The monoisotopic (exact) mass is 434 g/mol. The van der Waals surface area contributed by atoms with Gasteiger partial charge >= 0.3 is 0 Å². The van der Waals surface area contributed by atoms with Gasteiger partial charge in [0.25, 0.3) is 0 Å². The molecule has 2 N–H and O–H groups in total. The van der Waals surface area contributed by atoms with Crippen molar-refractivity contribution in [3.05, 3.63) is 52.2 Å². The van der Waals surface area contributed by atoms with Crippen LogP contribution in [0.4, 0.5) is 0 Å². The third-order valence-corrected chi connectivity index (χ3v) is 7.73. The van der Waals surface area contributed by atoms with Gasteiger partial charge in [0.05, 0.1) is 11.4 Å². The highest BCUT2D eigenvalue weighted by Crippen LogP contribution is 2.21. The van der Waals surface area contributed by atoms with E-state index >= 15 is 0 Å². The molecule has 0 aliphatic carbocycles. The fraction of sp³-hybridized carbons (Fsp3) is 0.476. The molecule has 1 fully saturated rings. The minimum Gasteiger partial charge on any atom is -0.357 e. The van der Waals surface area contributed by atoms with Crippen LogP contribution in [-0.4, -0.2) is 44.9 Å². The second kappa shape index (κ2) is 10.8. The van der Waals surface area contributed by atoms with Crippen molar-refractivity contribution in [2.45, 2.75) is 44.0 Å². The Morgan fingerprint density at radius 1 is 1.10 bits per heavy atom. The number of sulfonamides is 1. The Bertz CT molecular complexity index is 872. The van der Waals surface area contributed by atoms with Gasteiger partial charge in [0.15, 0.2) is 5.96 Å². The number of nitrogens with one attached hydrogen (secondary N) is 2. The second-order valence-corrected chi connectivity index (χ2v) is 10.0. The molecule has 1 aliphatic rings. The lowest BCUT2D eigenvalue weighted by atomic mass is 10.2. The third kappa shape index (κ3) is 6.29. The first-order valence-corrected chi connectivity index (χ1v) is 12.5. The van der Waals surface area contributed by atoms with E-state index in [0.717, 1.165) is 50.3 Å².